The van der Waals surface area contributed by atoms with E-state index in [2.05, 4.69) is 63.9 Å². The summed E-state index contributed by atoms with van der Waals surface area (Å²) in [5.74, 6) is 0.660. The minimum Gasteiger partial charge on any atom is -0.388 e. The highest BCUT2D eigenvalue weighted by molar-refractivity contribution is 5.50. The topological polar surface area (TPSA) is 29.1 Å². The molecule has 2 aromatic carbocycles. The fourth-order valence-corrected chi connectivity index (χ4v) is 4.55. The van der Waals surface area contributed by atoms with Gasteiger partial charge in [0, 0.05) is 12.7 Å². The molecule has 0 aromatic heterocycles. The molecule has 0 amide bonds. The molecule has 0 heterocycles. The maximum Gasteiger partial charge on any atom is 0.123 e. The van der Waals surface area contributed by atoms with Crippen LogP contribution in [0.25, 0.3) is 0 Å². The lowest BCUT2D eigenvalue weighted by Gasteiger charge is -2.35. The number of benzene rings is 2. The number of allylic oxidation sites excluding steroid dienone is 5. The van der Waals surface area contributed by atoms with Gasteiger partial charge >= 0.3 is 0 Å². The molecule has 39 heavy (non-hydrogen) atoms. The summed E-state index contributed by atoms with van der Waals surface area (Å²) in [6.45, 7) is 24.5. The summed E-state index contributed by atoms with van der Waals surface area (Å²) in [5.41, 5.74) is 8.70. The Labute approximate surface area is 240 Å². The van der Waals surface area contributed by atoms with E-state index >= 15 is 0 Å². The maximum absolute atomic E-state index is 12.1. The average Bonchev–Trinajstić information content (AvgIpc) is 3.26. The number of fused-ring (bicyclic) bond motifs is 1. The zero-order chi connectivity index (χ0) is 30.4. The fourth-order valence-electron chi connectivity index (χ4n) is 4.55. The largest absolute Gasteiger partial charge is 0.388 e. The van der Waals surface area contributed by atoms with E-state index in [9.17, 15) is 4.39 Å². The van der Waals surface area contributed by atoms with Crippen LogP contribution in [0.1, 0.15) is 92.7 Å². The van der Waals surface area contributed by atoms with Crippen molar-refractivity contribution in [2.45, 2.75) is 94.9 Å². The number of carbonyl (C=O) groups excluding carboxylic acids is 1. The highest BCUT2D eigenvalue weighted by Gasteiger charge is 2.41. The summed E-state index contributed by atoms with van der Waals surface area (Å²) in [5, 5.41) is 3.15. The lowest BCUT2D eigenvalue weighted by atomic mass is 9.69. The third-order valence-electron chi connectivity index (χ3n) is 7.05. The first-order valence-corrected chi connectivity index (χ1v) is 14.6. The molecule has 3 heteroatoms. The number of aryl methyl sites for hydroxylation is 2. The van der Waals surface area contributed by atoms with Crippen LogP contribution in [0.3, 0.4) is 0 Å². The lowest BCUT2D eigenvalue weighted by molar-refractivity contribution is -0.106. The van der Waals surface area contributed by atoms with Gasteiger partial charge in [-0.3, -0.25) is 0 Å². The molecule has 0 radical (unpaired) electrons. The molecule has 0 bridgehead atoms. The van der Waals surface area contributed by atoms with Gasteiger partial charge in [-0.25, -0.2) is 4.39 Å². The quantitative estimate of drug-likeness (QED) is 0.394. The van der Waals surface area contributed by atoms with Crippen molar-refractivity contribution in [3.63, 3.8) is 0 Å². The van der Waals surface area contributed by atoms with E-state index < -0.39 is 0 Å². The minimum atomic E-state index is -0.171. The molecular formula is C36H56FNO. The van der Waals surface area contributed by atoms with E-state index in [1.807, 2.05) is 53.8 Å². The van der Waals surface area contributed by atoms with Gasteiger partial charge < -0.3 is 10.1 Å². The molecule has 2 atom stereocenters. The van der Waals surface area contributed by atoms with Crippen molar-refractivity contribution in [3.8, 4) is 0 Å². The fraction of sp³-hybridized carbons (Fsp3) is 0.472. The number of halogens is 1. The summed E-state index contributed by atoms with van der Waals surface area (Å²) >= 11 is 0. The Morgan fingerprint density at radius 1 is 1.05 bits per heavy atom. The second-order valence-electron chi connectivity index (χ2n) is 9.41. The van der Waals surface area contributed by atoms with Crippen molar-refractivity contribution in [1.29, 1.82) is 0 Å². The maximum atomic E-state index is 12.1. The predicted octanol–water partition coefficient (Wildman–Crippen LogP) is 10.9. The molecule has 2 aliphatic carbocycles. The lowest BCUT2D eigenvalue weighted by Crippen LogP contribution is -2.24. The predicted molar refractivity (Wildman–Crippen MR) is 173 cm³/mol. The van der Waals surface area contributed by atoms with Crippen LogP contribution in [0.5, 0.6) is 0 Å². The molecule has 1 N–H and O–H groups in total. The second-order valence-corrected chi connectivity index (χ2v) is 9.41. The van der Waals surface area contributed by atoms with Gasteiger partial charge in [0.2, 0.25) is 0 Å². The third-order valence-corrected chi connectivity index (χ3v) is 7.05. The molecular weight excluding hydrogens is 481 g/mol. The number of rotatable bonds is 3. The van der Waals surface area contributed by atoms with Crippen molar-refractivity contribution < 1.29 is 9.18 Å². The number of hydrogen-bond acceptors (Lipinski definition) is 2. The smallest absolute Gasteiger partial charge is 0.123 e. The number of para-hydroxylation sites is 1. The monoisotopic (exact) mass is 537 g/mol. The number of aldehydes is 1. The van der Waals surface area contributed by atoms with Gasteiger partial charge in [0.1, 0.15) is 12.1 Å². The molecule has 2 aromatic rings. The van der Waals surface area contributed by atoms with Crippen molar-refractivity contribution in [3.05, 3.63) is 101 Å². The Morgan fingerprint density at radius 3 is 2.03 bits per heavy atom. The van der Waals surface area contributed by atoms with Crippen LogP contribution in [0, 0.1) is 24.1 Å². The molecule has 2 aliphatic rings. The van der Waals surface area contributed by atoms with Crippen LogP contribution in [0.15, 0.2) is 84.0 Å². The average molecular weight is 538 g/mol. The molecule has 1 saturated carbocycles. The van der Waals surface area contributed by atoms with E-state index in [1.165, 1.54) is 60.7 Å². The molecule has 0 saturated heterocycles. The van der Waals surface area contributed by atoms with Gasteiger partial charge in [-0.15, -0.1) is 0 Å². The molecule has 218 valence electrons. The molecule has 0 spiro atoms. The zero-order valence-electron chi connectivity index (χ0n) is 26.7. The van der Waals surface area contributed by atoms with Gasteiger partial charge in [-0.05, 0) is 92.7 Å². The van der Waals surface area contributed by atoms with E-state index in [-0.39, 0.29) is 5.82 Å². The first kappa shape index (κ1) is 38.2. The van der Waals surface area contributed by atoms with Crippen LogP contribution in [0.4, 0.5) is 10.1 Å². The molecule has 4 rings (SSSR count). The van der Waals surface area contributed by atoms with Gasteiger partial charge in [0.25, 0.3) is 0 Å². The number of carbonyl (C=O) groups is 1. The van der Waals surface area contributed by atoms with Gasteiger partial charge in [-0.2, -0.15) is 0 Å². The first-order valence-electron chi connectivity index (χ1n) is 14.6. The number of anilines is 1. The van der Waals surface area contributed by atoms with E-state index in [1.54, 1.807) is 17.7 Å². The highest BCUT2D eigenvalue weighted by Crippen LogP contribution is 2.53. The van der Waals surface area contributed by atoms with Crippen LogP contribution in [-0.4, -0.2) is 13.3 Å². The first-order chi connectivity index (χ1) is 18.7. The molecule has 1 fully saturated rings. The van der Waals surface area contributed by atoms with Crippen LogP contribution in [0.2, 0.25) is 0 Å². The number of nitrogens with one attached hydrogen (secondary N) is 1. The standard InChI is InChI=1S/C14H20.C9H13N.C7H7F.C2H4O.2C2H6/c1-5-12-9-14(4)11(3)6-7-13(14)8-10(12)2;1-3-8-6-4-5-7-9(8)10-2;1-6-2-4-7(8)5-3-6;1-2-3;2*1-2/h5,8,11H,1,6-7,9H2,2-4H3;4-7,10H,3H2,1-2H3;2-5H,1H3;2H,1H3;2*1-2H3. The molecule has 2 nitrogen and oxygen atoms in total. The van der Waals surface area contributed by atoms with Gasteiger partial charge in [0.05, 0.1) is 0 Å². The Morgan fingerprint density at radius 2 is 1.59 bits per heavy atom. The van der Waals surface area contributed by atoms with E-state index in [0.29, 0.717) is 5.41 Å². The second kappa shape index (κ2) is 21.9. The van der Waals surface area contributed by atoms with Crippen LogP contribution in [-0.2, 0) is 11.2 Å². The zero-order valence-corrected chi connectivity index (χ0v) is 26.7. The van der Waals surface area contributed by atoms with E-state index in [4.69, 9.17) is 4.79 Å². The van der Waals surface area contributed by atoms with Crippen molar-refractivity contribution in [1.82, 2.24) is 0 Å². The summed E-state index contributed by atoms with van der Waals surface area (Å²) in [4.78, 5) is 8.81. The third kappa shape index (κ3) is 13.1. The van der Waals surface area contributed by atoms with Crippen molar-refractivity contribution >= 4 is 12.0 Å². The van der Waals surface area contributed by atoms with Gasteiger partial charge in [0.15, 0.2) is 0 Å². The summed E-state index contributed by atoms with van der Waals surface area (Å²) in [6, 6.07) is 14.8. The number of hydrogen-bond donors (Lipinski definition) is 1. The molecule has 0 aliphatic heterocycles. The van der Waals surface area contributed by atoms with Crippen molar-refractivity contribution in [2.24, 2.45) is 11.3 Å². The summed E-state index contributed by atoms with van der Waals surface area (Å²) in [7, 11) is 1.95. The van der Waals surface area contributed by atoms with Gasteiger partial charge in [-0.1, -0.05) is 109 Å². The summed E-state index contributed by atoms with van der Waals surface area (Å²) in [6.07, 6.45) is 10.2. The Bertz CT molecular complexity index is 959. The van der Waals surface area contributed by atoms with Crippen LogP contribution >= 0.6 is 0 Å². The Kier molecular flexibility index (Phi) is 21.5. The highest BCUT2D eigenvalue weighted by atomic mass is 19.1. The Balaban J connectivity index is 0. The Hall–Kier alpha value is -2.94. The van der Waals surface area contributed by atoms with Crippen molar-refractivity contribution in [2.75, 3.05) is 12.4 Å². The normalized spacial score (nSPS) is 18.2. The minimum absolute atomic E-state index is 0.171. The van der Waals surface area contributed by atoms with E-state index in [0.717, 1.165) is 24.2 Å². The summed E-state index contributed by atoms with van der Waals surface area (Å²) < 4.78 is 12.1. The van der Waals surface area contributed by atoms with Crippen LogP contribution < -0.4 is 5.32 Å². The molecule has 2 unspecified atom stereocenters. The SMILES string of the molecule is C=CC1=C(C)C=C2CCC(C)C2(C)C1.CC.CC.CC=O.CCc1ccccc1NC.Cc1ccc(F)cc1.